The van der Waals surface area contributed by atoms with Crippen LogP contribution in [0, 0.1) is 0 Å². The molecule has 2 rings (SSSR count). The Balaban J connectivity index is 2.08. The summed E-state index contributed by atoms with van der Waals surface area (Å²) in [6, 6.07) is 9.40. The molecule has 0 spiro atoms. The quantitative estimate of drug-likeness (QED) is 0.875. The summed E-state index contributed by atoms with van der Waals surface area (Å²) >= 11 is 0. The number of anilines is 1. The third kappa shape index (κ3) is 2.87. The van der Waals surface area contributed by atoms with Crippen molar-refractivity contribution in [3.63, 3.8) is 0 Å². The fraction of sp³-hybridized carbons (Fsp3) is 0.154. The van der Waals surface area contributed by atoms with E-state index >= 15 is 0 Å². The van der Waals surface area contributed by atoms with Crippen molar-refractivity contribution in [2.24, 2.45) is 0 Å². The summed E-state index contributed by atoms with van der Waals surface area (Å²) in [5.74, 6) is -0.123. The normalized spacial score (nSPS) is 9.94. The zero-order valence-corrected chi connectivity index (χ0v) is 9.55. The van der Waals surface area contributed by atoms with Gasteiger partial charge in [0, 0.05) is 18.1 Å². The number of hydrogen-bond acceptors (Lipinski definition) is 3. The van der Waals surface area contributed by atoms with Gasteiger partial charge in [-0.1, -0.05) is 19.1 Å². The van der Waals surface area contributed by atoms with E-state index in [2.05, 4.69) is 22.2 Å². The van der Waals surface area contributed by atoms with Crippen molar-refractivity contribution in [1.82, 2.24) is 9.97 Å². The number of nitrogens with one attached hydrogen (secondary N) is 1. The molecular formula is C13H13N3O. The van der Waals surface area contributed by atoms with Crippen LogP contribution >= 0.6 is 0 Å². The summed E-state index contributed by atoms with van der Waals surface area (Å²) in [4.78, 5) is 19.5. The Morgan fingerprint density at radius 2 is 1.82 bits per heavy atom. The van der Waals surface area contributed by atoms with Gasteiger partial charge in [0.15, 0.2) is 0 Å². The highest BCUT2D eigenvalue weighted by molar-refractivity contribution is 6.01. The molecule has 0 radical (unpaired) electrons. The number of nitrogens with zero attached hydrogens (tertiary/aromatic N) is 2. The van der Waals surface area contributed by atoms with Crippen molar-refractivity contribution in [2.75, 3.05) is 5.32 Å². The van der Waals surface area contributed by atoms with E-state index < -0.39 is 0 Å². The van der Waals surface area contributed by atoms with E-state index in [1.165, 1.54) is 5.56 Å². The molecule has 4 heteroatoms. The number of aryl methyl sites for hydroxylation is 1. The second kappa shape index (κ2) is 5.21. The minimum atomic E-state index is -0.296. The van der Waals surface area contributed by atoms with Crippen LogP contribution in [0.2, 0.25) is 0 Å². The average Bonchev–Trinajstić information content (AvgIpc) is 2.40. The molecule has 0 saturated heterocycles. The highest BCUT2D eigenvalue weighted by atomic mass is 16.2. The maximum Gasteiger partial charge on any atom is 0.293 e. The first-order valence-electron chi connectivity index (χ1n) is 5.47. The van der Waals surface area contributed by atoms with Crippen molar-refractivity contribution in [3.05, 3.63) is 54.1 Å². The molecule has 0 saturated carbocycles. The van der Waals surface area contributed by atoms with E-state index in [0.29, 0.717) is 0 Å². The lowest BCUT2D eigenvalue weighted by atomic mass is 10.1. The van der Waals surface area contributed by atoms with Gasteiger partial charge in [0.2, 0.25) is 5.82 Å². The van der Waals surface area contributed by atoms with Crippen molar-refractivity contribution in [2.45, 2.75) is 13.3 Å². The summed E-state index contributed by atoms with van der Waals surface area (Å²) in [6.07, 6.45) is 4.07. The van der Waals surface area contributed by atoms with Gasteiger partial charge >= 0.3 is 0 Å². The monoisotopic (exact) mass is 227 g/mol. The van der Waals surface area contributed by atoms with Crippen LogP contribution in [0.25, 0.3) is 0 Å². The molecule has 0 aliphatic rings. The Hall–Kier alpha value is -2.23. The highest BCUT2D eigenvalue weighted by Crippen LogP contribution is 2.10. The van der Waals surface area contributed by atoms with Gasteiger partial charge in [-0.25, -0.2) is 9.97 Å². The first kappa shape index (κ1) is 11.3. The largest absolute Gasteiger partial charge is 0.319 e. The third-order valence-electron chi connectivity index (χ3n) is 2.39. The molecular weight excluding hydrogens is 214 g/mol. The molecule has 0 fully saturated rings. The van der Waals surface area contributed by atoms with Gasteiger partial charge in [-0.3, -0.25) is 4.79 Å². The SMILES string of the molecule is CCc1ccc(NC(=O)c2ncccn2)cc1. The fourth-order valence-electron chi connectivity index (χ4n) is 1.43. The molecule has 0 atom stereocenters. The summed E-state index contributed by atoms with van der Waals surface area (Å²) in [6.45, 7) is 2.09. The standard InChI is InChI=1S/C13H13N3O/c1-2-10-4-6-11(7-5-10)16-13(17)12-14-8-3-9-15-12/h3-9H,2H2,1H3,(H,16,17). The highest BCUT2D eigenvalue weighted by Gasteiger charge is 2.07. The maximum atomic E-state index is 11.7. The van der Waals surface area contributed by atoms with Crippen molar-refractivity contribution in [1.29, 1.82) is 0 Å². The van der Waals surface area contributed by atoms with E-state index in [9.17, 15) is 4.79 Å². The molecule has 0 aliphatic heterocycles. The number of rotatable bonds is 3. The van der Waals surface area contributed by atoms with E-state index in [1.54, 1.807) is 18.5 Å². The van der Waals surface area contributed by atoms with Gasteiger partial charge in [-0.15, -0.1) is 0 Å². The molecule has 1 amide bonds. The first-order valence-corrected chi connectivity index (χ1v) is 5.47. The summed E-state index contributed by atoms with van der Waals surface area (Å²) in [5.41, 5.74) is 1.98. The number of benzene rings is 1. The van der Waals surface area contributed by atoms with E-state index in [1.807, 2.05) is 24.3 Å². The van der Waals surface area contributed by atoms with Crippen LogP contribution < -0.4 is 5.32 Å². The predicted octanol–water partition coefficient (Wildman–Crippen LogP) is 2.29. The Bertz CT molecular complexity index is 494. The lowest BCUT2D eigenvalue weighted by Gasteiger charge is -2.04. The molecule has 1 aromatic heterocycles. The molecule has 0 unspecified atom stereocenters. The number of amides is 1. The Morgan fingerprint density at radius 1 is 1.18 bits per heavy atom. The van der Waals surface area contributed by atoms with Gasteiger partial charge in [0.25, 0.3) is 5.91 Å². The lowest BCUT2D eigenvalue weighted by Crippen LogP contribution is -2.15. The second-order valence-corrected chi connectivity index (χ2v) is 3.58. The number of carbonyl (C=O) groups excluding carboxylic acids is 1. The zero-order chi connectivity index (χ0) is 12.1. The fourth-order valence-corrected chi connectivity index (χ4v) is 1.43. The van der Waals surface area contributed by atoms with E-state index in [0.717, 1.165) is 12.1 Å². The molecule has 1 heterocycles. The van der Waals surface area contributed by atoms with Crippen LogP contribution in [0.5, 0.6) is 0 Å². The predicted molar refractivity (Wildman–Crippen MR) is 65.8 cm³/mol. The van der Waals surface area contributed by atoms with Crippen LogP contribution in [0.4, 0.5) is 5.69 Å². The minimum Gasteiger partial charge on any atom is -0.319 e. The van der Waals surface area contributed by atoms with Crippen LogP contribution in [0.1, 0.15) is 23.1 Å². The van der Waals surface area contributed by atoms with Gasteiger partial charge in [-0.2, -0.15) is 0 Å². The Kier molecular flexibility index (Phi) is 3.45. The van der Waals surface area contributed by atoms with Gasteiger partial charge in [-0.05, 0) is 30.2 Å². The van der Waals surface area contributed by atoms with Gasteiger partial charge < -0.3 is 5.32 Å². The van der Waals surface area contributed by atoms with Crippen molar-refractivity contribution in [3.8, 4) is 0 Å². The molecule has 4 nitrogen and oxygen atoms in total. The zero-order valence-electron chi connectivity index (χ0n) is 9.55. The molecule has 0 bridgehead atoms. The molecule has 2 aromatic rings. The third-order valence-corrected chi connectivity index (χ3v) is 2.39. The van der Waals surface area contributed by atoms with E-state index in [-0.39, 0.29) is 11.7 Å². The molecule has 1 N–H and O–H groups in total. The smallest absolute Gasteiger partial charge is 0.293 e. The van der Waals surface area contributed by atoms with Gasteiger partial charge in [0.05, 0.1) is 0 Å². The molecule has 17 heavy (non-hydrogen) atoms. The lowest BCUT2D eigenvalue weighted by molar-refractivity contribution is 0.101. The van der Waals surface area contributed by atoms with E-state index in [4.69, 9.17) is 0 Å². The Morgan fingerprint density at radius 3 is 2.41 bits per heavy atom. The van der Waals surface area contributed by atoms with Crippen LogP contribution in [-0.2, 0) is 6.42 Å². The topological polar surface area (TPSA) is 54.9 Å². The Labute approximate surface area is 99.7 Å². The average molecular weight is 227 g/mol. The summed E-state index contributed by atoms with van der Waals surface area (Å²) in [5, 5.41) is 2.75. The number of aromatic nitrogens is 2. The van der Waals surface area contributed by atoms with Crippen LogP contribution in [-0.4, -0.2) is 15.9 Å². The van der Waals surface area contributed by atoms with Crippen molar-refractivity contribution >= 4 is 11.6 Å². The van der Waals surface area contributed by atoms with Crippen molar-refractivity contribution < 1.29 is 4.79 Å². The minimum absolute atomic E-state index is 0.173. The number of hydrogen-bond donors (Lipinski definition) is 1. The molecule has 86 valence electrons. The van der Waals surface area contributed by atoms with Gasteiger partial charge in [0.1, 0.15) is 0 Å². The summed E-state index contributed by atoms with van der Waals surface area (Å²) in [7, 11) is 0. The van der Waals surface area contributed by atoms with Crippen LogP contribution in [0.3, 0.4) is 0 Å². The molecule has 1 aromatic carbocycles. The number of carbonyl (C=O) groups is 1. The maximum absolute atomic E-state index is 11.7. The first-order chi connectivity index (χ1) is 8.29. The summed E-state index contributed by atoms with van der Waals surface area (Å²) < 4.78 is 0. The van der Waals surface area contributed by atoms with Crippen LogP contribution in [0.15, 0.2) is 42.7 Å². The molecule has 0 aliphatic carbocycles. The second-order valence-electron chi connectivity index (χ2n) is 3.58.